The van der Waals surface area contributed by atoms with Gasteiger partial charge in [-0.25, -0.2) is 4.79 Å². The van der Waals surface area contributed by atoms with Crippen molar-refractivity contribution in [3.05, 3.63) is 29.9 Å². The third kappa shape index (κ3) is 3.26. The topological polar surface area (TPSA) is 53.4 Å². The van der Waals surface area contributed by atoms with Gasteiger partial charge in [-0.05, 0) is 43.2 Å². The highest BCUT2D eigenvalue weighted by atomic mass is 32.1. The summed E-state index contributed by atoms with van der Waals surface area (Å²) in [6, 6.07) is 4.60. The van der Waals surface area contributed by atoms with E-state index in [2.05, 4.69) is 39.8 Å². The Morgan fingerprint density at radius 3 is 2.79 bits per heavy atom. The molecule has 1 aliphatic heterocycles. The maximum Gasteiger partial charge on any atom is 0.322 e. The smallest absolute Gasteiger partial charge is 0.322 e. The van der Waals surface area contributed by atoms with Crippen LogP contribution in [0.4, 0.5) is 15.5 Å². The Hall–Kier alpha value is -2.02. The van der Waals surface area contributed by atoms with Crippen molar-refractivity contribution in [3.63, 3.8) is 0 Å². The molecule has 7 heteroatoms. The first kappa shape index (κ1) is 15.5. The molecule has 2 aliphatic rings. The molecule has 1 N–H and O–H groups in total. The van der Waals surface area contributed by atoms with Gasteiger partial charge in [0.15, 0.2) is 0 Å². The second-order valence-electron chi connectivity index (χ2n) is 6.64. The summed E-state index contributed by atoms with van der Waals surface area (Å²) in [5.41, 5.74) is 0.785. The maximum atomic E-state index is 12.4. The highest BCUT2D eigenvalue weighted by Gasteiger charge is 2.29. The highest BCUT2D eigenvalue weighted by molar-refractivity contribution is 7.14. The third-order valence-corrected chi connectivity index (χ3v) is 5.89. The molecule has 0 aromatic carbocycles. The number of amides is 2. The number of urea groups is 1. The van der Waals surface area contributed by atoms with Crippen molar-refractivity contribution in [2.75, 3.05) is 36.4 Å². The molecule has 0 bridgehead atoms. The summed E-state index contributed by atoms with van der Waals surface area (Å²) in [6.45, 7) is 5.45. The molecule has 2 aromatic rings. The summed E-state index contributed by atoms with van der Waals surface area (Å²) in [7, 11) is 0. The van der Waals surface area contributed by atoms with Gasteiger partial charge in [-0.3, -0.25) is 4.68 Å². The van der Waals surface area contributed by atoms with Crippen LogP contribution >= 0.6 is 11.3 Å². The molecule has 1 saturated heterocycles. The van der Waals surface area contributed by atoms with E-state index < -0.39 is 0 Å². The van der Waals surface area contributed by atoms with Crippen molar-refractivity contribution in [1.82, 2.24) is 14.7 Å². The van der Waals surface area contributed by atoms with E-state index >= 15 is 0 Å². The van der Waals surface area contributed by atoms with Crippen LogP contribution in [0.1, 0.15) is 25.8 Å². The van der Waals surface area contributed by atoms with E-state index in [1.807, 2.05) is 15.8 Å². The Kier molecular flexibility index (Phi) is 4.18. The second kappa shape index (κ2) is 6.47. The quantitative estimate of drug-likeness (QED) is 0.925. The van der Waals surface area contributed by atoms with E-state index in [0.29, 0.717) is 6.04 Å². The molecule has 3 heterocycles. The molecule has 1 atom stereocenters. The van der Waals surface area contributed by atoms with Crippen LogP contribution in [0, 0.1) is 5.92 Å². The van der Waals surface area contributed by atoms with E-state index in [1.165, 1.54) is 17.8 Å². The van der Waals surface area contributed by atoms with Gasteiger partial charge in [0.2, 0.25) is 0 Å². The van der Waals surface area contributed by atoms with Gasteiger partial charge in [0.25, 0.3) is 0 Å². The zero-order valence-corrected chi connectivity index (χ0v) is 14.7. The molecule has 24 heavy (non-hydrogen) atoms. The Labute approximate surface area is 146 Å². The van der Waals surface area contributed by atoms with Gasteiger partial charge in [0.05, 0.1) is 22.9 Å². The van der Waals surface area contributed by atoms with Crippen molar-refractivity contribution in [2.24, 2.45) is 5.92 Å². The Balaban J connectivity index is 1.30. The van der Waals surface area contributed by atoms with Crippen molar-refractivity contribution in [1.29, 1.82) is 0 Å². The predicted molar refractivity (Wildman–Crippen MR) is 96.8 cm³/mol. The normalized spacial score (nSPS) is 19.4. The molecule has 2 fully saturated rings. The van der Waals surface area contributed by atoms with Gasteiger partial charge in [0.1, 0.15) is 0 Å². The molecule has 6 nitrogen and oxygen atoms in total. The van der Waals surface area contributed by atoms with Gasteiger partial charge in [-0.1, -0.05) is 0 Å². The number of hydrogen-bond acceptors (Lipinski definition) is 4. The first-order chi connectivity index (χ1) is 11.7. The van der Waals surface area contributed by atoms with Crippen LogP contribution in [-0.4, -0.2) is 46.9 Å². The first-order valence-corrected chi connectivity index (χ1v) is 9.47. The Morgan fingerprint density at radius 2 is 2.12 bits per heavy atom. The molecular formula is C17H23N5OS. The van der Waals surface area contributed by atoms with E-state index in [1.54, 1.807) is 17.5 Å². The zero-order valence-electron chi connectivity index (χ0n) is 13.9. The molecule has 0 spiro atoms. The number of thiophene rings is 1. The van der Waals surface area contributed by atoms with Crippen LogP contribution in [0.2, 0.25) is 0 Å². The van der Waals surface area contributed by atoms with Crippen LogP contribution in [0.3, 0.4) is 0 Å². The predicted octanol–water partition coefficient (Wildman–Crippen LogP) is 3.27. The number of rotatable bonds is 4. The standard InChI is InChI=1S/C17H23N5OS/c1-13(14-4-5-14)22-12-15(11-18-22)19-17(23)21-8-6-20(7-9-21)16-3-2-10-24-16/h2-3,10-14H,4-9H2,1H3,(H,19,23). The summed E-state index contributed by atoms with van der Waals surface area (Å²) < 4.78 is 1.97. The van der Waals surface area contributed by atoms with Crippen LogP contribution in [-0.2, 0) is 0 Å². The van der Waals surface area contributed by atoms with Crippen LogP contribution < -0.4 is 10.2 Å². The molecule has 4 rings (SSSR count). The summed E-state index contributed by atoms with van der Waals surface area (Å²) in [5, 5.41) is 10.8. The summed E-state index contributed by atoms with van der Waals surface area (Å²) in [4.78, 5) is 16.7. The molecule has 1 aliphatic carbocycles. The van der Waals surface area contributed by atoms with Gasteiger partial charge < -0.3 is 15.1 Å². The van der Waals surface area contributed by atoms with E-state index in [-0.39, 0.29) is 6.03 Å². The largest absolute Gasteiger partial charge is 0.360 e. The molecule has 2 aromatic heterocycles. The van der Waals surface area contributed by atoms with Crippen molar-refractivity contribution in [3.8, 4) is 0 Å². The summed E-state index contributed by atoms with van der Waals surface area (Å²) in [5.74, 6) is 0.749. The van der Waals surface area contributed by atoms with Gasteiger partial charge >= 0.3 is 6.03 Å². The average Bonchev–Trinajstić information content (AvgIpc) is 3.10. The molecule has 1 saturated carbocycles. The Morgan fingerprint density at radius 1 is 1.33 bits per heavy atom. The molecule has 1 unspecified atom stereocenters. The number of aromatic nitrogens is 2. The first-order valence-electron chi connectivity index (χ1n) is 8.59. The van der Waals surface area contributed by atoms with Gasteiger partial charge in [-0.2, -0.15) is 5.10 Å². The van der Waals surface area contributed by atoms with Crippen molar-refractivity contribution >= 4 is 28.1 Å². The minimum Gasteiger partial charge on any atom is -0.360 e. The number of nitrogens with one attached hydrogen (secondary N) is 1. The minimum absolute atomic E-state index is 0.0283. The van der Waals surface area contributed by atoms with Crippen LogP contribution in [0.5, 0.6) is 0 Å². The molecule has 2 amide bonds. The van der Waals surface area contributed by atoms with Gasteiger partial charge in [-0.15, -0.1) is 11.3 Å². The number of carbonyl (C=O) groups is 1. The monoisotopic (exact) mass is 345 g/mol. The molecule has 0 radical (unpaired) electrons. The molecular weight excluding hydrogens is 322 g/mol. The van der Waals surface area contributed by atoms with Crippen LogP contribution in [0.15, 0.2) is 29.9 Å². The van der Waals surface area contributed by atoms with E-state index in [9.17, 15) is 4.79 Å². The fraction of sp³-hybridized carbons (Fsp3) is 0.529. The van der Waals surface area contributed by atoms with Crippen LogP contribution in [0.25, 0.3) is 0 Å². The maximum absolute atomic E-state index is 12.4. The van der Waals surface area contributed by atoms with Gasteiger partial charge in [0, 0.05) is 32.4 Å². The lowest BCUT2D eigenvalue weighted by atomic mass is 10.2. The van der Waals surface area contributed by atoms with E-state index in [0.717, 1.165) is 37.8 Å². The molecule has 128 valence electrons. The Bertz CT molecular complexity index is 686. The zero-order chi connectivity index (χ0) is 16.5. The number of piperazine rings is 1. The van der Waals surface area contributed by atoms with E-state index in [4.69, 9.17) is 0 Å². The third-order valence-electron chi connectivity index (χ3n) is 4.96. The lowest BCUT2D eigenvalue weighted by Crippen LogP contribution is -2.49. The average molecular weight is 345 g/mol. The fourth-order valence-electron chi connectivity index (χ4n) is 3.20. The number of nitrogens with zero attached hydrogens (tertiary/aromatic N) is 4. The van der Waals surface area contributed by atoms with Crippen molar-refractivity contribution < 1.29 is 4.79 Å². The lowest BCUT2D eigenvalue weighted by Gasteiger charge is -2.35. The second-order valence-corrected chi connectivity index (χ2v) is 7.57. The number of carbonyl (C=O) groups excluding carboxylic acids is 1. The summed E-state index contributed by atoms with van der Waals surface area (Å²) in [6.07, 6.45) is 6.27. The number of anilines is 2. The SMILES string of the molecule is CC(C1CC1)n1cc(NC(=O)N2CCN(c3cccs3)CC2)cn1. The highest BCUT2D eigenvalue weighted by Crippen LogP contribution is 2.39. The van der Waals surface area contributed by atoms with Crippen molar-refractivity contribution in [2.45, 2.75) is 25.8 Å². The number of hydrogen-bond donors (Lipinski definition) is 1. The minimum atomic E-state index is -0.0283. The summed E-state index contributed by atoms with van der Waals surface area (Å²) >= 11 is 1.75. The lowest BCUT2D eigenvalue weighted by molar-refractivity contribution is 0.208. The fourth-order valence-corrected chi connectivity index (χ4v) is 3.99.